The Morgan fingerprint density at radius 2 is 2.29 bits per heavy atom. The zero-order valence-corrected chi connectivity index (χ0v) is 9.87. The van der Waals surface area contributed by atoms with Crippen LogP contribution in [0, 0.1) is 5.82 Å². The molecule has 0 radical (unpaired) electrons. The smallest absolute Gasteiger partial charge is 0.225 e. The van der Waals surface area contributed by atoms with E-state index >= 15 is 0 Å². The van der Waals surface area contributed by atoms with Gasteiger partial charge in [-0.15, -0.1) is 0 Å². The molecule has 0 saturated heterocycles. The second-order valence-corrected chi connectivity index (χ2v) is 3.57. The summed E-state index contributed by atoms with van der Waals surface area (Å²) < 4.78 is 12.9. The Balaban J connectivity index is 2.48. The number of rotatable bonds is 5. The fourth-order valence-electron chi connectivity index (χ4n) is 1.20. The van der Waals surface area contributed by atoms with E-state index in [9.17, 15) is 9.18 Å². The van der Waals surface area contributed by atoms with Gasteiger partial charge in [-0.05, 0) is 18.2 Å². The van der Waals surface area contributed by atoms with Gasteiger partial charge in [0.2, 0.25) is 5.91 Å². The predicted octanol–water partition coefficient (Wildman–Crippen LogP) is 1.23. The van der Waals surface area contributed by atoms with Crippen molar-refractivity contribution in [1.29, 1.82) is 0 Å². The van der Waals surface area contributed by atoms with Gasteiger partial charge in [0.15, 0.2) is 0 Å². The van der Waals surface area contributed by atoms with Gasteiger partial charge in [-0.25, -0.2) is 4.39 Å². The lowest BCUT2D eigenvalue weighted by Crippen LogP contribution is -2.23. The maximum Gasteiger partial charge on any atom is 0.225 e. The Labute approximate surface area is 99.3 Å². The monoisotopic (exact) mass is 241 g/mol. The van der Waals surface area contributed by atoms with Crippen LogP contribution >= 0.6 is 0 Å². The molecule has 0 spiro atoms. The third-order valence-electron chi connectivity index (χ3n) is 2.25. The number of nitrogens with two attached hydrogens (primary N) is 1. The number of nitrogens with one attached hydrogen (secondary N) is 1. The zero-order chi connectivity index (χ0) is 12.8. The molecule has 0 aliphatic rings. The van der Waals surface area contributed by atoms with Gasteiger partial charge in [0.1, 0.15) is 5.82 Å². The fraction of sp³-hybridized carbons (Fsp3) is 0.364. The third kappa shape index (κ3) is 4.38. The number of amides is 1. The van der Waals surface area contributed by atoms with Crippen molar-refractivity contribution in [3.05, 3.63) is 24.0 Å². The minimum absolute atomic E-state index is 0.0109. The van der Waals surface area contributed by atoms with Crippen LogP contribution in [0.3, 0.4) is 0 Å². The Kier molecular flexibility index (Phi) is 4.86. The second-order valence-electron chi connectivity index (χ2n) is 3.57. The summed E-state index contributed by atoms with van der Waals surface area (Å²) in [6.45, 7) is 0.471. The summed E-state index contributed by atoms with van der Waals surface area (Å²) in [7, 11) is 3.25. The van der Waals surface area contributed by atoms with Crippen LogP contribution in [0.5, 0.6) is 0 Å². The van der Waals surface area contributed by atoms with Crippen LogP contribution in [0.4, 0.5) is 15.8 Å². The van der Waals surface area contributed by atoms with Crippen molar-refractivity contribution in [3.63, 3.8) is 0 Å². The van der Waals surface area contributed by atoms with Crippen LogP contribution in [0.15, 0.2) is 18.2 Å². The van der Waals surface area contributed by atoms with Crippen molar-refractivity contribution in [1.82, 2.24) is 5.06 Å². The van der Waals surface area contributed by atoms with Crippen molar-refractivity contribution >= 4 is 17.3 Å². The van der Waals surface area contributed by atoms with E-state index < -0.39 is 5.82 Å². The van der Waals surface area contributed by atoms with Crippen LogP contribution < -0.4 is 11.1 Å². The molecule has 17 heavy (non-hydrogen) atoms. The average Bonchev–Trinajstić information content (AvgIpc) is 2.31. The molecule has 1 amide bonds. The molecule has 5 nitrogen and oxygen atoms in total. The van der Waals surface area contributed by atoms with Gasteiger partial charge in [0.05, 0.1) is 12.8 Å². The van der Waals surface area contributed by atoms with E-state index in [0.29, 0.717) is 12.2 Å². The van der Waals surface area contributed by atoms with Crippen molar-refractivity contribution < 1.29 is 14.0 Å². The number of nitrogen functional groups attached to an aromatic ring is 1. The molecule has 0 unspecified atom stereocenters. The number of hydroxylamine groups is 2. The van der Waals surface area contributed by atoms with Crippen LogP contribution in [0.1, 0.15) is 6.42 Å². The lowest BCUT2D eigenvalue weighted by molar-refractivity contribution is -0.126. The largest absolute Gasteiger partial charge is 0.396 e. The highest BCUT2D eigenvalue weighted by atomic mass is 19.1. The Morgan fingerprint density at radius 3 is 2.88 bits per heavy atom. The zero-order valence-electron chi connectivity index (χ0n) is 9.87. The highest BCUT2D eigenvalue weighted by Gasteiger charge is 2.06. The number of carbonyl (C=O) groups is 1. The molecule has 0 aromatic heterocycles. The molecule has 0 fully saturated rings. The van der Waals surface area contributed by atoms with Gasteiger partial charge in [-0.2, -0.15) is 5.06 Å². The van der Waals surface area contributed by atoms with E-state index in [-0.39, 0.29) is 18.0 Å². The SMILES string of the molecule is CON(C)CCC(=O)Nc1ccc(F)c(N)c1. The Hall–Kier alpha value is -1.66. The maximum atomic E-state index is 12.9. The molecule has 1 aromatic rings. The molecule has 1 rings (SSSR count). The topological polar surface area (TPSA) is 67.6 Å². The molecule has 94 valence electrons. The molecule has 0 aliphatic heterocycles. The highest BCUT2D eigenvalue weighted by molar-refractivity contribution is 5.91. The van der Waals surface area contributed by atoms with Crippen LogP contribution in [-0.2, 0) is 9.63 Å². The number of benzene rings is 1. The van der Waals surface area contributed by atoms with Gasteiger partial charge >= 0.3 is 0 Å². The molecule has 1 aromatic carbocycles. The molecule has 3 N–H and O–H groups in total. The molecular weight excluding hydrogens is 225 g/mol. The molecular formula is C11H16FN3O2. The first-order valence-corrected chi connectivity index (χ1v) is 5.13. The van der Waals surface area contributed by atoms with Crippen molar-refractivity contribution in [2.45, 2.75) is 6.42 Å². The first-order chi connectivity index (χ1) is 8.02. The van der Waals surface area contributed by atoms with E-state index in [1.807, 2.05) is 0 Å². The molecule has 0 atom stereocenters. The average molecular weight is 241 g/mol. The Morgan fingerprint density at radius 1 is 1.59 bits per heavy atom. The van der Waals surface area contributed by atoms with Gasteiger partial charge in [0.25, 0.3) is 0 Å². The minimum atomic E-state index is -0.498. The Bertz CT molecular complexity index is 398. The lowest BCUT2D eigenvalue weighted by atomic mass is 10.2. The van der Waals surface area contributed by atoms with Gasteiger partial charge in [-0.3, -0.25) is 4.79 Å². The van der Waals surface area contributed by atoms with E-state index in [1.54, 1.807) is 12.1 Å². The molecule has 0 saturated carbocycles. The van der Waals surface area contributed by atoms with Crippen molar-refractivity contribution in [2.24, 2.45) is 0 Å². The molecule has 0 heterocycles. The first-order valence-electron chi connectivity index (χ1n) is 5.13. The molecule has 0 bridgehead atoms. The van der Waals surface area contributed by atoms with Crippen LogP contribution in [0.2, 0.25) is 0 Å². The predicted molar refractivity (Wildman–Crippen MR) is 63.7 cm³/mol. The van der Waals surface area contributed by atoms with Gasteiger partial charge in [-0.1, -0.05) is 0 Å². The lowest BCUT2D eigenvalue weighted by Gasteiger charge is -2.13. The first kappa shape index (κ1) is 13.4. The van der Waals surface area contributed by atoms with Gasteiger partial charge < -0.3 is 15.9 Å². The summed E-state index contributed by atoms with van der Waals surface area (Å²) in [4.78, 5) is 16.4. The fourth-order valence-corrected chi connectivity index (χ4v) is 1.20. The quantitative estimate of drug-likeness (QED) is 0.601. The maximum absolute atomic E-state index is 12.9. The van der Waals surface area contributed by atoms with E-state index in [2.05, 4.69) is 5.32 Å². The molecule has 6 heteroatoms. The minimum Gasteiger partial charge on any atom is -0.396 e. The van der Waals surface area contributed by atoms with E-state index in [0.717, 1.165) is 0 Å². The normalized spacial score (nSPS) is 10.6. The molecule has 0 aliphatic carbocycles. The van der Waals surface area contributed by atoms with E-state index in [4.69, 9.17) is 10.6 Å². The number of nitrogens with zero attached hydrogens (tertiary/aromatic N) is 1. The summed E-state index contributed by atoms with van der Waals surface area (Å²) in [6, 6.07) is 4.06. The number of anilines is 2. The summed E-state index contributed by atoms with van der Waals surface area (Å²) in [6.07, 6.45) is 0.279. The summed E-state index contributed by atoms with van der Waals surface area (Å²) in [5.41, 5.74) is 5.88. The summed E-state index contributed by atoms with van der Waals surface area (Å²) in [5.74, 6) is -0.679. The number of carbonyl (C=O) groups excluding carboxylic acids is 1. The number of hydrogen-bond acceptors (Lipinski definition) is 4. The van der Waals surface area contributed by atoms with Gasteiger partial charge in [0, 0.05) is 25.7 Å². The van der Waals surface area contributed by atoms with Crippen LogP contribution in [-0.4, -0.2) is 31.7 Å². The van der Waals surface area contributed by atoms with E-state index in [1.165, 1.54) is 25.3 Å². The van der Waals surface area contributed by atoms with Crippen LogP contribution in [0.25, 0.3) is 0 Å². The number of halogens is 1. The standard InChI is InChI=1S/C11H16FN3O2/c1-15(17-2)6-5-11(16)14-8-3-4-9(12)10(13)7-8/h3-4,7H,5-6,13H2,1-2H3,(H,14,16). The van der Waals surface area contributed by atoms with Crippen molar-refractivity contribution in [3.8, 4) is 0 Å². The highest BCUT2D eigenvalue weighted by Crippen LogP contribution is 2.16. The summed E-state index contributed by atoms with van der Waals surface area (Å²) in [5, 5.41) is 4.16. The van der Waals surface area contributed by atoms with Crippen molar-refractivity contribution in [2.75, 3.05) is 31.8 Å². The second kappa shape index (κ2) is 6.17. The number of hydrogen-bond donors (Lipinski definition) is 2. The summed E-state index contributed by atoms with van der Waals surface area (Å²) >= 11 is 0. The third-order valence-corrected chi connectivity index (χ3v) is 2.25.